The summed E-state index contributed by atoms with van der Waals surface area (Å²) in [5, 5.41) is 6.53. The molecule has 0 aliphatic heterocycles. The Morgan fingerprint density at radius 3 is 2.46 bits per heavy atom. The third-order valence-electron chi connectivity index (χ3n) is 4.19. The first-order chi connectivity index (χ1) is 12.2. The fraction of sp³-hybridized carbons (Fsp3) is 0.350. The number of para-hydroxylation sites is 1. The minimum atomic E-state index is -0.228. The van der Waals surface area contributed by atoms with Gasteiger partial charge in [0.25, 0.3) is 0 Å². The van der Waals surface area contributed by atoms with Gasteiger partial charge in [-0.05, 0) is 42.5 Å². The van der Waals surface area contributed by atoms with Crippen molar-refractivity contribution in [3.63, 3.8) is 0 Å². The van der Waals surface area contributed by atoms with Crippen LogP contribution in [0.4, 0.5) is 4.39 Å². The molecule has 0 aromatic heterocycles. The summed E-state index contributed by atoms with van der Waals surface area (Å²) >= 11 is 0. The lowest BCUT2D eigenvalue weighted by Gasteiger charge is -2.15. The van der Waals surface area contributed by atoms with Crippen molar-refractivity contribution in [2.75, 3.05) is 13.7 Å². The molecule has 0 saturated heterocycles. The van der Waals surface area contributed by atoms with Gasteiger partial charge in [0.2, 0.25) is 0 Å². The molecule has 1 fully saturated rings. The highest BCUT2D eigenvalue weighted by Gasteiger charge is 2.22. The van der Waals surface area contributed by atoms with Crippen molar-refractivity contribution >= 4 is 29.9 Å². The van der Waals surface area contributed by atoms with Gasteiger partial charge in [0, 0.05) is 25.7 Å². The topological polar surface area (TPSA) is 45.7 Å². The summed E-state index contributed by atoms with van der Waals surface area (Å²) in [5.74, 6) is 2.12. The van der Waals surface area contributed by atoms with Gasteiger partial charge in [0.15, 0.2) is 5.96 Å². The lowest BCUT2D eigenvalue weighted by atomic mass is 10.2. The molecule has 4 nitrogen and oxygen atoms in total. The Balaban J connectivity index is 0.00000243. The number of aliphatic imine (C=N–C) groups is 1. The number of guanidine groups is 1. The maximum Gasteiger partial charge on any atom is 0.191 e. The molecule has 0 unspecified atom stereocenters. The molecule has 2 N–H and O–H groups in total. The van der Waals surface area contributed by atoms with E-state index >= 15 is 0 Å². The largest absolute Gasteiger partial charge is 0.493 e. The molecule has 140 valence electrons. The van der Waals surface area contributed by atoms with Crippen molar-refractivity contribution in [1.29, 1.82) is 0 Å². The first kappa shape index (κ1) is 20.5. The molecule has 3 rings (SSSR count). The Morgan fingerprint density at radius 1 is 1.08 bits per heavy atom. The van der Waals surface area contributed by atoms with Gasteiger partial charge in [-0.15, -0.1) is 24.0 Å². The molecule has 26 heavy (non-hydrogen) atoms. The van der Waals surface area contributed by atoms with Crippen LogP contribution in [-0.4, -0.2) is 19.6 Å². The van der Waals surface area contributed by atoms with Crippen molar-refractivity contribution in [1.82, 2.24) is 10.6 Å². The SMILES string of the molecule is CN=C(NCc1ccc(F)cc1)NCc1ccccc1OCC1CC1.I. The van der Waals surface area contributed by atoms with E-state index in [-0.39, 0.29) is 29.8 Å². The molecule has 0 heterocycles. The first-order valence-corrected chi connectivity index (χ1v) is 8.64. The van der Waals surface area contributed by atoms with E-state index in [2.05, 4.69) is 21.7 Å². The predicted octanol–water partition coefficient (Wildman–Crippen LogP) is 4.10. The zero-order valence-electron chi connectivity index (χ0n) is 14.9. The molecule has 1 aliphatic rings. The average molecular weight is 469 g/mol. The Labute approximate surface area is 171 Å². The standard InChI is InChI=1S/C20H24FN3O.HI/c1-22-20(23-12-15-8-10-18(21)11-9-15)24-13-17-4-2-3-5-19(17)25-14-16-6-7-16;/h2-5,8-11,16H,6-7,12-14H2,1H3,(H2,22,23,24);1H. The summed E-state index contributed by atoms with van der Waals surface area (Å²) in [6.45, 7) is 2.01. The van der Waals surface area contributed by atoms with E-state index in [4.69, 9.17) is 4.74 Å². The quantitative estimate of drug-likeness (QED) is 0.365. The first-order valence-electron chi connectivity index (χ1n) is 8.64. The van der Waals surface area contributed by atoms with Crippen LogP contribution in [0, 0.1) is 11.7 Å². The third kappa shape index (κ3) is 6.48. The van der Waals surface area contributed by atoms with Crippen molar-refractivity contribution in [3.8, 4) is 5.75 Å². The van der Waals surface area contributed by atoms with E-state index in [0.29, 0.717) is 19.0 Å². The Bertz CT molecular complexity index is 717. The molecule has 1 saturated carbocycles. The minimum absolute atomic E-state index is 0. The fourth-order valence-corrected chi connectivity index (χ4v) is 2.47. The number of nitrogens with one attached hydrogen (secondary N) is 2. The van der Waals surface area contributed by atoms with Gasteiger partial charge in [0.05, 0.1) is 6.61 Å². The highest BCUT2D eigenvalue weighted by molar-refractivity contribution is 14.0. The third-order valence-corrected chi connectivity index (χ3v) is 4.19. The molecular weight excluding hydrogens is 444 g/mol. The lowest BCUT2D eigenvalue weighted by Crippen LogP contribution is -2.36. The molecule has 0 atom stereocenters. The van der Waals surface area contributed by atoms with E-state index in [0.717, 1.165) is 29.4 Å². The fourth-order valence-electron chi connectivity index (χ4n) is 2.47. The molecule has 0 spiro atoms. The van der Waals surface area contributed by atoms with E-state index < -0.39 is 0 Å². The van der Waals surface area contributed by atoms with Crippen LogP contribution in [0.5, 0.6) is 5.75 Å². The molecule has 1 aliphatic carbocycles. The van der Waals surface area contributed by atoms with Gasteiger partial charge in [-0.3, -0.25) is 4.99 Å². The minimum Gasteiger partial charge on any atom is -0.493 e. The van der Waals surface area contributed by atoms with Crippen LogP contribution in [0.15, 0.2) is 53.5 Å². The maximum absolute atomic E-state index is 12.9. The summed E-state index contributed by atoms with van der Waals surface area (Å²) in [6.07, 6.45) is 2.56. The summed E-state index contributed by atoms with van der Waals surface area (Å²) in [7, 11) is 1.73. The number of halogens is 2. The summed E-state index contributed by atoms with van der Waals surface area (Å²) in [6, 6.07) is 14.5. The van der Waals surface area contributed by atoms with Gasteiger partial charge in [-0.25, -0.2) is 4.39 Å². The second kappa shape index (κ2) is 10.4. The number of hydrogen-bond donors (Lipinski definition) is 2. The van der Waals surface area contributed by atoms with Crippen LogP contribution < -0.4 is 15.4 Å². The van der Waals surface area contributed by atoms with E-state index in [1.165, 1.54) is 25.0 Å². The van der Waals surface area contributed by atoms with Crippen LogP contribution in [0.3, 0.4) is 0 Å². The van der Waals surface area contributed by atoms with Gasteiger partial charge in [-0.2, -0.15) is 0 Å². The summed E-state index contributed by atoms with van der Waals surface area (Å²) in [5.41, 5.74) is 2.10. The molecule has 2 aromatic carbocycles. The second-order valence-corrected chi connectivity index (χ2v) is 6.27. The Morgan fingerprint density at radius 2 is 1.77 bits per heavy atom. The van der Waals surface area contributed by atoms with E-state index in [1.807, 2.05) is 18.2 Å². The van der Waals surface area contributed by atoms with Crippen molar-refractivity contribution in [2.45, 2.75) is 25.9 Å². The van der Waals surface area contributed by atoms with Crippen LogP contribution in [0.1, 0.15) is 24.0 Å². The van der Waals surface area contributed by atoms with Gasteiger partial charge in [0.1, 0.15) is 11.6 Å². The molecule has 0 radical (unpaired) electrons. The maximum atomic E-state index is 12.9. The van der Waals surface area contributed by atoms with Crippen LogP contribution in [0.25, 0.3) is 0 Å². The smallest absolute Gasteiger partial charge is 0.191 e. The molecule has 2 aromatic rings. The van der Waals surface area contributed by atoms with Crippen LogP contribution in [0.2, 0.25) is 0 Å². The zero-order chi connectivity index (χ0) is 17.5. The van der Waals surface area contributed by atoms with Gasteiger partial charge >= 0.3 is 0 Å². The number of benzene rings is 2. The molecule has 0 amide bonds. The predicted molar refractivity (Wildman–Crippen MR) is 114 cm³/mol. The highest BCUT2D eigenvalue weighted by atomic mass is 127. The van der Waals surface area contributed by atoms with Crippen molar-refractivity contribution in [3.05, 3.63) is 65.5 Å². The van der Waals surface area contributed by atoms with Crippen molar-refractivity contribution < 1.29 is 9.13 Å². The number of rotatable bonds is 7. The Kier molecular flexibility index (Phi) is 8.15. The summed E-state index contributed by atoms with van der Waals surface area (Å²) in [4.78, 5) is 4.23. The van der Waals surface area contributed by atoms with Gasteiger partial charge < -0.3 is 15.4 Å². The average Bonchev–Trinajstić information content (AvgIpc) is 3.47. The Hall–Kier alpha value is -1.83. The number of nitrogens with zero attached hydrogens (tertiary/aromatic N) is 1. The van der Waals surface area contributed by atoms with Crippen LogP contribution in [-0.2, 0) is 13.1 Å². The van der Waals surface area contributed by atoms with Gasteiger partial charge in [-0.1, -0.05) is 30.3 Å². The monoisotopic (exact) mass is 469 g/mol. The zero-order valence-corrected chi connectivity index (χ0v) is 17.2. The molecular formula is C20H25FIN3O. The molecule has 0 bridgehead atoms. The number of ether oxygens (including phenoxy) is 1. The van der Waals surface area contributed by atoms with Crippen molar-refractivity contribution in [2.24, 2.45) is 10.9 Å². The second-order valence-electron chi connectivity index (χ2n) is 6.27. The normalized spacial score (nSPS) is 13.7. The summed E-state index contributed by atoms with van der Waals surface area (Å²) < 4.78 is 18.9. The van der Waals surface area contributed by atoms with E-state index in [9.17, 15) is 4.39 Å². The number of hydrogen-bond acceptors (Lipinski definition) is 2. The molecule has 6 heteroatoms. The van der Waals surface area contributed by atoms with E-state index in [1.54, 1.807) is 19.2 Å². The van der Waals surface area contributed by atoms with Crippen LogP contribution >= 0.6 is 24.0 Å². The lowest BCUT2D eigenvalue weighted by molar-refractivity contribution is 0.296. The highest BCUT2D eigenvalue weighted by Crippen LogP contribution is 2.30.